The Morgan fingerprint density at radius 3 is 2.70 bits per heavy atom. The molecule has 0 bridgehead atoms. The molecule has 1 unspecified atom stereocenters. The normalized spacial score (nSPS) is 23.7. The summed E-state index contributed by atoms with van der Waals surface area (Å²) in [6, 6.07) is 7.95. The molecule has 0 aliphatic carbocycles. The van der Waals surface area contributed by atoms with Crippen molar-refractivity contribution in [3.63, 3.8) is 0 Å². The van der Waals surface area contributed by atoms with Gasteiger partial charge in [-0.05, 0) is 37.0 Å². The number of hydrogen-bond donors (Lipinski definition) is 2. The molecule has 0 spiro atoms. The fourth-order valence-electron chi connectivity index (χ4n) is 2.46. The van der Waals surface area contributed by atoms with Crippen LogP contribution in [0.5, 0.6) is 0 Å². The molecule has 1 aromatic carbocycles. The van der Waals surface area contributed by atoms with Crippen LogP contribution in [0.15, 0.2) is 28.7 Å². The first-order chi connectivity index (χ1) is 9.49. The van der Waals surface area contributed by atoms with E-state index >= 15 is 0 Å². The molecule has 2 amide bonds. The van der Waals surface area contributed by atoms with Gasteiger partial charge in [-0.1, -0.05) is 35.0 Å². The van der Waals surface area contributed by atoms with E-state index in [9.17, 15) is 9.90 Å². The van der Waals surface area contributed by atoms with Gasteiger partial charge < -0.3 is 15.3 Å². The van der Waals surface area contributed by atoms with Crippen LogP contribution in [0.3, 0.4) is 0 Å². The number of benzene rings is 1. The Morgan fingerprint density at radius 2 is 2.15 bits per heavy atom. The first kappa shape index (κ1) is 15.3. The van der Waals surface area contributed by atoms with Crippen molar-refractivity contribution in [3.8, 4) is 0 Å². The number of urea groups is 1. The number of rotatable bonds is 3. The maximum Gasteiger partial charge on any atom is 0.317 e. The molecule has 4 nitrogen and oxygen atoms in total. The third-order valence-electron chi connectivity index (χ3n) is 3.97. The second-order valence-electron chi connectivity index (χ2n) is 5.43. The lowest BCUT2D eigenvalue weighted by Crippen LogP contribution is -2.44. The van der Waals surface area contributed by atoms with Gasteiger partial charge in [-0.2, -0.15) is 0 Å². The average molecular weight is 341 g/mol. The molecule has 3 atom stereocenters. The lowest BCUT2D eigenvalue weighted by molar-refractivity contribution is 0.131. The smallest absolute Gasteiger partial charge is 0.317 e. The summed E-state index contributed by atoms with van der Waals surface area (Å²) >= 11 is 3.41. The number of amides is 2. The SMILES string of the molecule is CC(CNC(=O)N1CC[C@H](O)[C@@H]1C)c1ccc(Br)cc1. The summed E-state index contributed by atoms with van der Waals surface area (Å²) in [5.41, 5.74) is 1.20. The number of nitrogens with zero attached hydrogens (tertiary/aromatic N) is 1. The predicted octanol–water partition coefficient (Wildman–Crippen LogP) is 2.72. The molecule has 5 heteroatoms. The first-order valence-electron chi connectivity index (χ1n) is 6.97. The second kappa shape index (κ2) is 6.59. The van der Waals surface area contributed by atoms with Gasteiger partial charge in [0.25, 0.3) is 0 Å². The molecule has 0 aromatic heterocycles. The number of carbonyl (C=O) groups is 1. The average Bonchev–Trinajstić information content (AvgIpc) is 2.77. The molecule has 1 aliphatic rings. The third-order valence-corrected chi connectivity index (χ3v) is 4.50. The van der Waals surface area contributed by atoms with Crippen LogP contribution in [0.25, 0.3) is 0 Å². The molecule has 110 valence electrons. The van der Waals surface area contributed by atoms with Crippen molar-refractivity contribution in [2.24, 2.45) is 0 Å². The lowest BCUT2D eigenvalue weighted by atomic mass is 10.0. The molecule has 1 aromatic rings. The fourth-order valence-corrected chi connectivity index (χ4v) is 2.73. The second-order valence-corrected chi connectivity index (χ2v) is 6.34. The van der Waals surface area contributed by atoms with Gasteiger partial charge in [0.05, 0.1) is 12.1 Å². The zero-order valence-corrected chi connectivity index (χ0v) is 13.4. The highest BCUT2D eigenvalue weighted by molar-refractivity contribution is 9.10. The van der Waals surface area contributed by atoms with Crippen molar-refractivity contribution in [2.75, 3.05) is 13.1 Å². The van der Waals surface area contributed by atoms with Gasteiger partial charge >= 0.3 is 6.03 Å². The highest BCUT2D eigenvalue weighted by atomic mass is 79.9. The molecule has 1 saturated heterocycles. The van der Waals surface area contributed by atoms with Crippen LogP contribution in [0.1, 0.15) is 31.7 Å². The van der Waals surface area contributed by atoms with E-state index < -0.39 is 6.10 Å². The highest BCUT2D eigenvalue weighted by Gasteiger charge is 2.32. The van der Waals surface area contributed by atoms with Gasteiger partial charge in [-0.25, -0.2) is 4.79 Å². The van der Waals surface area contributed by atoms with Crippen LogP contribution in [-0.4, -0.2) is 41.3 Å². The minimum absolute atomic E-state index is 0.0852. The summed E-state index contributed by atoms with van der Waals surface area (Å²) in [4.78, 5) is 13.8. The molecule has 2 rings (SSSR count). The Kier molecular flexibility index (Phi) is 5.05. The number of carbonyl (C=O) groups excluding carboxylic acids is 1. The maximum absolute atomic E-state index is 12.1. The van der Waals surface area contributed by atoms with Gasteiger partial charge in [-0.15, -0.1) is 0 Å². The van der Waals surface area contributed by atoms with Gasteiger partial charge in [0.1, 0.15) is 0 Å². The van der Waals surface area contributed by atoms with Gasteiger partial charge in [-0.3, -0.25) is 0 Å². The quantitative estimate of drug-likeness (QED) is 0.888. The van der Waals surface area contributed by atoms with Crippen LogP contribution in [-0.2, 0) is 0 Å². The molecular weight excluding hydrogens is 320 g/mol. The minimum Gasteiger partial charge on any atom is -0.391 e. The number of nitrogens with one attached hydrogen (secondary N) is 1. The topological polar surface area (TPSA) is 52.6 Å². The predicted molar refractivity (Wildman–Crippen MR) is 82.7 cm³/mol. The van der Waals surface area contributed by atoms with Crippen LogP contribution in [0, 0.1) is 0 Å². The zero-order valence-electron chi connectivity index (χ0n) is 11.8. The van der Waals surface area contributed by atoms with Crippen LogP contribution >= 0.6 is 15.9 Å². The molecule has 0 radical (unpaired) electrons. The van der Waals surface area contributed by atoms with Crippen molar-refractivity contribution in [2.45, 2.75) is 38.3 Å². The molecule has 20 heavy (non-hydrogen) atoms. The summed E-state index contributed by atoms with van der Waals surface area (Å²) in [7, 11) is 0. The molecule has 1 aliphatic heterocycles. The Labute approximate surface area is 128 Å². The van der Waals surface area contributed by atoms with Crippen molar-refractivity contribution >= 4 is 22.0 Å². The molecule has 1 heterocycles. The lowest BCUT2D eigenvalue weighted by Gasteiger charge is -2.24. The monoisotopic (exact) mass is 340 g/mol. The number of aliphatic hydroxyl groups excluding tert-OH is 1. The Bertz CT molecular complexity index is 463. The van der Waals surface area contributed by atoms with E-state index in [1.165, 1.54) is 5.56 Å². The van der Waals surface area contributed by atoms with Crippen molar-refractivity contribution < 1.29 is 9.90 Å². The Hall–Kier alpha value is -1.07. The first-order valence-corrected chi connectivity index (χ1v) is 7.76. The Balaban J connectivity index is 1.85. The Morgan fingerprint density at radius 1 is 1.50 bits per heavy atom. The molecule has 2 N–H and O–H groups in total. The van der Waals surface area contributed by atoms with Gasteiger partial charge in [0, 0.05) is 17.6 Å². The number of aliphatic hydroxyl groups is 1. The van der Waals surface area contributed by atoms with Crippen LogP contribution in [0.4, 0.5) is 4.79 Å². The van der Waals surface area contributed by atoms with E-state index in [1.807, 2.05) is 19.1 Å². The number of likely N-dealkylation sites (tertiary alicyclic amines) is 1. The highest BCUT2D eigenvalue weighted by Crippen LogP contribution is 2.19. The molecule has 1 fully saturated rings. The number of hydrogen-bond acceptors (Lipinski definition) is 2. The van der Waals surface area contributed by atoms with Gasteiger partial charge in [0.2, 0.25) is 0 Å². The molecule has 0 saturated carbocycles. The van der Waals surface area contributed by atoms with E-state index in [1.54, 1.807) is 4.90 Å². The maximum atomic E-state index is 12.1. The standard InChI is InChI=1S/C15H21BrN2O2/c1-10(12-3-5-13(16)6-4-12)9-17-15(20)18-8-7-14(19)11(18)2/h3-6,10-11,14,19H,7-9H2,1-2H3,(H,17,20)/t10?,11-,14-/m0/s1. The largest absolute Gasteiger partial charge is 0.391 e. The third kappa shape index (κ3) is 3.52. The summed E-state index contributed by atoms with van der Waals surface area (Å²) < 4.78 is 1.05. The van der Waals surface area contributed by atoms with Crippen LogP contribution in [0.2, 0.25) is 0 Å². The van der Waals surface area contributed by atoms with E-state index in [4.69, 9.17) is 0 Å². The minimum atomic E-state index is -0.398. The van der Waals surface area contributed by atoms with Crippen molar-refractivity contribution in [1.82, 2.24) is 10.2 Å². The summed E-state index contributed by atoms with van der Waals surface area (Å²) in [6.45, 7) is 5.20. The molecular formula is C15H21BrN2O2. The van der Waals surface area contributed by atoms with E-state index in [0.717, 1.165) is 4.47 Å². The van der Waals surface area contributed by atoms with Crippen molar-refractivity contribution in [3.05, 3.63) is 34.3 Å². The van der Waals surface area contributed by atoms with E-state index in [-0.39, 0.29) is 18.0 Å². The van der Waals surface area contributed by atoms with E-state index in [2.05, 4.69) is 40.3 Å². The number of halogens is 1. The van der Waals surface area contributed by atoms with Crippen LogP contribution < -0.4 is 5.32 Å². The zero-order chi connectivity index (χ0) is 14.7. The summed E-state index contributed by atoms with van der Waals surface area (Å²) in [5.74, 6) is 0.259. The summed E-state index contributed by atoms with van der Waals surface area (Å²) in [6.07, 6.45) is 0.265. The summed E-state index contributed by atoms with van der Waals surface area (Å²) in [5, 5.41) is 12.6. The van der Waals surface area contributed by atoms with Crippen molar-refractivity contribution in [1.29, 1.82) is 0 Å². The fraction of sp³-hybridized carbons (Fsp3) is 0.533. The van der Waals surface area contributed by atoms with Gasteiger partial charge in [0.15, 0.2) is 0 Å². The van der Waals surface area contributed by atoms with E-state index in [0.29, 0.717) is 19.5 Å².